The van der Waals surface area contributed by atoms with E-state index < -0.39 is 0 Å². The molecule has 1 heterocycles. The number of aromatic nitrogens is 1. The number of H-pyrrole nitrogens is 1. The molecule has 5 heteroatoms. The zero-order chi connectivity index (χ0) is 19.1. The molecule has 2 aromatic rings. The van der Waals surface area contributed by atoms with Gasteiger partial charge in [-0.15, -0.1) is 0 Å². The topological polar surface area (TPSA) is 74.0 Å². The average molecular weight is 380 g/mol. The van der Waals surface area contributed by atoms with E-state index in [4.69, 9.17) is 0 Å². The summed E-state index contributed by atoms with van der Waals surface area (Å²) in [4.78, 5) is 28.4. The molecule has 4 aliphatic carbocycles. The van der Waals surface area contributed by atoms with Crippen molar-refractivity contribution in [1.29, 1.82) is 0 Å². The van der Waals surface area contributed by atoms with Crippen molar-refractivity contribution >= 4 is 22.7 Å². The van der Waals surface area contributed by atoms with Gasteiger partial charge in [-0.05, 0) is 74.3 Å². The summed E-state index contributed by atoms with van der Waals surface area (Å²) in [5.41, 5.74) is 2.14. The van der Waals surface area contributed by atoms with Gasteiger partial charge in [-0.25, -0.2) is 0 Å². The summed E-state index contributed by atoms with van der Waals surface area (Å²) in [5, 5.41) is 7.10. The molecule has 0 saturated heterocycles. The van der Waals surface area contributed by atoms with Crippen molar-refractivity contribution in [2.24, 2.45) is 23.2 Å². The summed E-state index contributed by atoms with van der Waals surface area (Å²) in [6.45, 7) is 0.669. The van der Waals surface area contributed by atoms with Gasteiger partial charge in [0.25, 0.3) is 0 Å². The lowest BCUT2D eigenvalue weighted by Gasteiger charge is -2.55. The number of para-hydroxylation sites is 1. The van der Waals surface area contributed by atoms with Gasteiger partial charge < -0.3 is 15.6 Å². The predicted molar refractivity (Wildman–Crippen MR) is 109 cm³/mol. The minimum Gasteiger partial charge on any atom is -0.361 e. The van der Waals surface area contributed by atoms with Crippen molar-refractivity contribution in [3.8, 4) is 0 Å². The van der Waals surface area contributed by atoms with Crippen molar-refractivity contribution in [3.05, 3.63) is 36.0 Å². The number of amides is 2. The third-order valence-corrected chi connectivity index (χ3v) is 7.32. The van der Waals surface area contributed by atoms with Gasteiger partial charge in [-0.3, -0.25) is 9.59 Å². The number of carbonyl (C=O) groups is 2. The number of carbonyl (C=O) groups excluding carboxylic acids is 2. The van der Waals surface area contributed by atoms with Crippen LogP contribution in [0.2, 0.25) is 0 Å². The number of hydrogen-bond acceptors (Lipinski definition) is 2. The Hall–Kier alpha value is -2.30. The van der Waals surface area contributed by atoms with Crippen molar-refractivity contribution in [3.63, 3.8) is 0 Å². The van der Waals surface area contributed by atoms with Crippen molar-refractivity contribution in [2.45, 2.75) is 44.9 Å². The molecule has 4 bridgehead atoms. The van der Waals surface area contributed by atoms with Crippen LogP contribution in [0.15, 0.2) is 30.5 Å². The Bertz CT molecular complexity index is 865. The molecular weight excluding hydrogens is 350 g/mol. The molecule has 0 unspecified atom stereocenters. The van der Waals surface area contributed by atoms with Crippen LogP contribution in [0, 0.1) is 23.2 Å². The summed E-state index contributed by atoms with van der Waals surface area (Å²) < 4.78 is 0. The highest BCUT2D eigenvalue weighted by Gasteiger charge is 2.54. The normalized spacial score (nSPS) is 30.5. The van der Waals surface area contributed by atoms with Gasteiger partial charge >= 0.3 is 0 Å². The first kappa shape index (κ1) is 17.8. The lowest BCUT2D eigenvalue weighted by Crippen LogP contribution is -2.54. The number of hydrogen-bond donors (Lipinski definition) is 3. The van der Waals surface area contributed by atoms with Gasteiger partial charge in [-0.1, -0.05) is 18.2 Å². The molecule has 6 rings (SSSR count). The zero-order valence-corrected chi connectivity index (χ0v) is 16.3. The summed E-state index contributed by atoms with van der Waals surface area (Å²) in [6.07, 6.45) is 9.85. The first-order valence-corrected chi connectivity index (χ1v) is 10.7. The smallest absolute Gasteiger partial charge is 0.239 e. The van der Waals surface area contributed by atoms with Crippen LogP contribution in [0.5, 0.6) is 0 Å². The monoisotopic (exact) mass is 379 g/mol. The van der Waals surface area contributed by atoms with E-state index in [2.05, 4.69) is 27.8 Å². The van der Waals surface area contributed by atoms with Crippen LogP contribution in [-0.4, -0.2) is 29.9 Å². The Kier molecular flexibility index (Phi) is 4.41. The summed E-state index contributed by atoms with van der Waals surface area (Å²) in [6, 6.07) is 8.18. The van der Waals surface area contributed by atoms with E-state index in [9.17, 15) is 9.59 Å². The molecule has 0 atom stereocenters. The Morgan fingerprint density at radius 3 is 2.39 bits per heavy atom. The number of benzene rings is 1. The maximum atomic E-state index is 12.9. The predicted octanol–water partition coefficient (Wildman–Crippen LogP) is 3.16. The van der Waals surface area contributed by atoms with Crippen LogP contribution in [0.4, 0.5) is 0 Å². The maximum absolute atomic E-state index is 12.9. The molecule has 0 radical (unpaired) electrons. The fraction of sp³-hybridized carbons (Fsp3) is 0.565. The number of aromatic amines is 1. The second-order valence-electron chi connectivity index (χ2n) is 9.34. The molecule has 5 nitrogen and oxygen atoms in total. The molecular formula is C23H29N3O2. The SMILES string of the molecule is O=C(CNC(=O)C12CC3CC(CC(C3)C1)C2)NCCc1c[nH]c2ccccc12. The van der Waals surface area contributed by atoms with Crippen LogP contribution in [-0.2, 0) is 16.0 Å². The van der Waals surface area contributed by atoms with Gasteiger partial charge in [0.05, 0.1) is 6.54 Å². The number of fused-ring (bicyclic) bond motifs is 1. The van der Waals surface area contributed by atoms with E-state index in [1.807, 2.05) is 18.3 Å². The highest BCUT2D eigenvalue weighted by Crippen LogP contribution is 2.60. The summed E-state index contributed by atoms with van der Waals surface area (Å²) in [5.74, 6) is 2.24. The fourth-order valence-corrected chi connectivity index (χ4v) is 6.47. The molecule has 1 aromatic heterocycles. The molecule has 2 amide bonds. The van der Waals surface area contributed by atoms with Crippen LogP contribution >= 0.6 is 0 Å². The average Bonchev–Trinajstić information content (AvgIpc) is 3.08. The standard InChI is InChI=1S/C23H29N3O2/c27-21(24-6-5-18-13-25-20-4-2-1-3-19(18)20)14-26-22(28)23-10-15-7-16(11-23)9-17(8-15)12-23/h1-4,13,15-17,25H,5-12,14H2,(H,24,27)(H,26,28). The summed E-state index contributed by atoms with van der Waals surface area (Å²) in [7, 11) is 0. The Morgan fingerprint density at radius 2 is 1.68 bits per heavy atom. The molecule has 0 aliphatic heterocycles. The Morgan fingerprint density at radius 1 is 1.00 bits per heavy atom. The first-order chi connectivity index (χ1) is 13.6. The minimum absolute atomic E-state index is 0.0917. The second kappa shape index (κ2) is 6.94. The van der Waals surface area contributed by atoms with Crippen LogP contribution < -0.4 is 10.6 Å². The molecule has 28 heavy (non-hydrogen) atoms. The van der Waals surface area contributed by atoms with Gasteiger partial charge in [0.2, 0.25) is 11.8 Å². The molecule has 148 valence electrons. The molecule has 4 aliphatic rings. The van der Waals surface area contributed by atoms with E-state index in [0.717, 1.165) is 49.0 Å². The highest BCUT2D eigenvalue weighted by molar-refractivity contribution is 5.88. The van der Waals surface area contributed by atoms with Gasteiger partial charge in [-0.2, -0.15) is 0 Å². The van der Waals surface area contributed by atoms with E-state index in [1.54, 1.807) is 0 Å². The highest BCUT2D eigenvalue weighted by atomic mass is 16.2. The largest absolute Gasteiger partial charge is 0.361 e. The van der Waals surface area contributed by atoms with E-state index in [-0.39, 0.29) is 23.8 Å². The molecule has 3 N–H and O–H groups in total. The van der Waals surface area contributed by atoms with Gasteiger partial charge in [0.1, 0.15) is 0 Å². The van der Waals surface area contributed by atoms with E-state index in [0.29, 0.717) is 6.54 Å². The van der Waals surface area contributed by atoms with Crippen molar-refractivity contribution in [1.82, 2.24) is 15.6 Å². The van der Waals surface area contributed by atoms with E-state index >= 15 is 0 Å². The minimum atomic E-state index is -0.181. The first-order valence-electron chi connectivity index (χ1n) is 10.7. The second-order valence-corrected chi connectivity index (χ2v) is 9.34. The lowest BCUT2D eigenvalue weighted by atomic mass is 9.49. The van der Waals surface area contributed by atoms with Crippen LogP contribution in [0.25, 0.3) is 10.9 Å². The quantitative estimate of drug-likeness (QED) is 0.721. The Labute approximate surface area is 165 Å². The summed E-state index contributed by atoms with van der Waals surface area (Å²) >= 11 is 0. The number of rotatable bonds is 6. The third kappa shape index (κ3) is 3.21. The fourth-order valence-electron chi connectivity index (χ4n) is 6.47. The van der Waals surface area contributed by atoms with Gasteiger partial charge in [0.15, 0.2) is 0 Å². The number of nitrogens with one attached hydrogen (secondary N) is 3. The third-order valence-electron chi connectivity index (χ3n) is 7.32. The van der Waals surface area contributed by atoms with Crippen molar-refractivity contribution in [2.75, 3.05) is 13.1 Å². The molecule has 0 spiro atoms. The Balaban J connectivity index is 1.10. The molecule has 4 saturated carbocycles. The lowest BCUT2D eigenvalue weighted by molar-refractivity contribution is -0.147. The van der Waals surface area contributed by atoms with Crippen LogP contribution in [0.3, 0.4) is 0 Å². The van der Waals surface area contributed by atoms with Crippen LogP contribution in [0.1, 0.15) is 44.1 Å². The maximum Gasteiger partial charge on any atom is 0.239 e. The van der Waals surface area contributed by atoms with E-state index in [1.165, 1.54) is 30.2 Å². The van der Waals surface area contributed by atoms with Gasteiger partial charge in [0, 0.05) is 29.1 Å². The molecule has 4 fully saturated rings. The van der Waals surface area contributed by atoms with Crippen molar-refractivity contribution < 1.29 is 9.59 Å². The molecule has 1 aromatic carbocycles. The zero-order valence-electron chi connectivity index (χ0n) is 16.3.